The van der Waals surface area contributed by atoms with Gasteiger partial charge in [-0.3, -0.25) is 24.0 Å². The minimum absolute atomic E-state index is 0.00348. The molecule has 1 saturated heterocycles. The van der Waals surface area contributed by atoms with Crippen molar-refractivity contribution in [2.24, 2.45) is 21.7 Å². The molecule has 1 unspecified atom stereocenters. The first kappa shape index (κ1) is 38.0. The molecule has 2 heterocycles. The topological polar surface area (TPSA) is 159 Å². The number of ether oxygens (including phenoxy) is 6. The zero-order chi connectivity index (χ0) is 44.1. The molecule has 300 valence electrons. The third-order valence-corrected chi connectivity index (χ3v) is 8.26. The summed E-state index contributed by atoms with van der Waals surface area (Å²) in [4.78, 5) is 67.2. The lowest BCUT2D eigenvalue weighted by atomic mass is 9.93. The summed E-state index contributed by atoms with van der Waals surface area (Å²) in [7, 11) is 0. The van der Waals surface area contributed by atoms with Crippen LogP contribution >= 0.6 is 0 Å². The molecule has 0 spiro atoms. The quantitative estimate of drug-likeness (QED) is 0.203. The Morgan fingerprint density at radius 3 is 1.80 bits per heavy atom. The van der Waals surface area contributed by atoms with Gasteiger partial charge in [0.2, 0.25) is 24.2 Å². The Morgan fingerprint density at radius 2 is 1.30 bits per heavy atom. The molecule has 5 atom stereocenters. The number of esters is 4. The van der Waals surface area contributed by atoms with E-state index in [9.17, 15) is 28.4 Å². The Morgan fingerprint density at radius 1 is 0.796 bits per heavy atom. The Balaban J connectivity index is 2.33. The summed E-state index contributed by atoms with van der Waals surface area (Å²) in [6, 6.07) is 4.58. The highest BCUT2D eigenvalue weighted by Gasteiger charge is 2.56. The van der Waals surface area contributed by atoms with Crippen molar-refractivity contribution in [2.75, 3.05) is 6.61 Å². The zero-order valence-electron chi connectivity index (χ0n) is 37.1. The number of hydrogen-bond acceptors (Lipinski definition) is 12. The number of nitrogens with zero attached hydrogens (tertiary/aromatic N) is 2. The molecule has 0 N–H and O–H groups in total. The predicted octanol–water partition coefficient (Wildman–Crippen LogP) is 6.46. The van der Waals surface area contributed by atoms with Crippen molar-refractivity contribution >= 4 is 29.8 Å². The molecule has 1 aromatic heterocycles. The van der Waals surface area contributed by atoms with Gasteiger partial charge in [-0.25, -0.2) is 9.07 Å². The van der Waals surface area contributed by atoms with E-state index in [1.807, 2.05) is 0 Å². The maximum atomic E-state index is 14.7. The largest absolute Gasteiger partial charge is 0.462 e. The number of aromatic nitrogens is 2. The van der Waals surface area contributed by atoms with E-state index < -0.39 is 115 Å². The maximum absolute atomic E-state index is 14.7. The Labute approximate surface area is 323 Å². The van der Waals surface area contributed by atoms with E-state index in [0.717, 1.165) is 4.68 Å². The van der Waals surface area contributed by atoms with Crippen molar-refractivity contribution in [2.45, 2.75) is 141 Å². The summed E-state index contributed by atoms with van der Waals surface area (Å²) in [6.45, 7) is 13.7. The monoisotopic (exact) mass is 764 g/mol. The van der Waals surface area contributed by atoms with Gasteiger partial charge in [0.25, 0.3) is 0 Å². The minimum Gasteiger partial charge on any atom is -0.462 e. The van der Waals surface area contributed by atoms with Crippen molar-refractivity contribution in [3.8, 4) is 5.88 Å². The molecule has 14 heteroatoms. The number of aryl methyl sites for hydroxylation is 1. The van der Waals surface area contributed by atoms with Crippen LogP contribution in [0.25, 0.3) is 0 Å². The number of carbonyl (C=O) groups is 5. The molecule has 0 radical (unpaired) electrons. The molecule has 3 rings (SSSR count). The Kier molecular flexibility index (Phi) is 11.4. The summed E-state index contributed by atoms with van der Waals surface area (Å²) < 4.78 is 83.9. The van der Waals surface area contributed by atoms with Gasteiger partial charge in [-0.1, -0.05) is 12.1 Å². The van der Waals surface area contributed by atoms with Crippen LogP contribution in [0.4, 0.5) is 4.39 Å². The molecular weight excluding hydrogens is 703 g/mol. The van der Waals surface area contributed by atoms with Gasteiger partial charge in [0.05, 0.1) is 27.4 Å². The van der Waals surface area contributed by atoms with E-state index in [4.69, 9.17) is 33.9 Å². The van der Waals surface area contributed by atoms with Gasteiger partial charge in [0, 0.05) is 24.4 Å². The molecular formula is C40H57FN2O11. The average molecular weight is 765 g/mol. The van der Waals surface area contributed by atoms with Crippen LogP contribution in [0.5, 0.6) is 5.88 Å². The van der Waals surface area contributed by atoms with E-state index >= 15 is 0 Å². The fourth-order valence-corrected chi connectivity index (χ4v) is 4.89. The molecule has 1 aliphatic rings. The highest BCUT2D eigenvalue weighted by molar-refractivity contribution is 5.78. The Hall–Kier alpha value is -4.33. The fourth-order valence-electron chi connectivity index (χ4n) is 4.89. The molecule has 0 bridgehead atoms. The summed E-state index contributed by atoms with van der Waals surface area (Å²) in [5.41, 5.74) is -4.09. The number of benzene rings is 1. The number of halogens is 1. The molecule has 0 aliphatic carbocycles. The smallest absolute Gasteiger partial charge is 0.311 e. The zero-order valence-corrected chi connectivity index (χ0v) is 33.1. The van der Waals surface area contributed by atoms with E-state index in [0.29, 0.717) is 22.4 Å². The van der Waals surface area contributed by atoms with Crippen LogP contribution in [0.2, 0.25) is 0 Å². The van der Waals surface area contributed by atoms with E-state index in [1.165, 1.54) is 68.4 Å². The first-order valence-corrected chi connectivity index (χ1v) is 17.4. The second kappa shape index (κ2) is 16.2. The maximum Gasteiger partial charge on any atom is 0.311 e. The summed E-state index contributed by atoms with van der Waals surface area (Å²) in [5.74, 6) is -4.92. The number of rotatable bonds is 9. The van der Waals surface area contributed by atoms with Gasteiger partial charge >= 0.3 is 23.9 Å². The van der Waals surface area contributed by atoms with Crippen LogP contribution in [0.15, 0.2) is 18.2 Å². The van der Waals surface area contributed by atoms with Gasteiger partial charge in [-0.15, -0.1) is 5.10 Å². The highest BCUT2D eigenvalue weighted by Crippen LogP contribution is 2.36. The van der Waals surface area contributed by atoms with Crippen LogP contribution in [-0.2, 0) is 49.3 Å². The standard InChI is InChI=1S/C40H57FN2O11/c1-21-16-17-24(19-26(21)41)18-25-22(2)43(23(3)44)42-31(25)54-32-30(53-36(48)40(13,14)15)29(52-35(47)39(10,11)12)28(51-34(46)38(7,8)9)27(50-32)20-49-33(45)37(4,5)6/h16-17,19,27-30,32H,18,20H2,1-15H3/t27-,28-,29+,30-,32?/m1/s1/i4D,7D,10D,13D. The molecule has 0 amide bonds. The van der Waals surface area contributed by atoms with Gasteiger partial charge in [0.15, 0.2) is 12.2 Å². The van der Waals surface area contributed by atoms with E-state index in [1.54, 1.807) is 26.0 Å². The van der Waals surface area contributed by atoms with Gasteiger partial charge in [-0.05, 0) is 114 Å². The number of hydrogen-bond donors (Lipinski definition) is 0. The summed E-state index contributed by atoms with van der Waals surface area (Å²) in [6.07, 6.45) is -8.69. The van der Waals surface area contributed by atoms with Crippen LogP contribution in [0.3, 0.4) is 0 Å². The normalized spacial score (nSPS) is 21.8. The van der Waals surface area contributed by atoms with Gasteiger partial charge < -0.3 is 28.4 Å². The minimum atomic E-state index is -1.82. The Bertz CT molecular complexity index is 1850. The molecule has 1 fully saturated rings. The predicted molar refractivity (Wildman–Crippen MR) is 195 cm³/mol. The third-order valence-electron chi connectivity index (χ3n) is 8.26. The molecule has 1 aromatic carbocycles. The molecule has 13 nitrogen and oxygen atoms in total. The van der Waals surface area contributed by atoms with Crippen LogP contribution in [-0.4, -0.2) is 76.9 Å². The first-order chi connectivity index (χ1) is 26.8. The van der Waals surface area contributed by atoms with Crippen LogP contribution in [0.1, 0.15) is 123 Å². The lowest BCUT2D eigenvalue weighted by molar-refractivity contribution is -0.294. The SMILES string of the molecule is [2H]CC(C)(C)C(=O)OC[C@H]1OC(Oc2nn(C(C)=O)c(C)c2Cc2ccc(C)c(F)c2)[C@H](OC(=O)C(C)(C)C[2H])[C@@H](OC(=O)C(C)(C)C[2H])[C@@H]1OC(=O)C(C)(C)C[2H]. The molecule has 0 saturated carbocycles. The fraction of sp³-hybridized carbons (Fsp3) is 0.650. The lowest BCUT2D eigenvalue weighted by Gasteiger charge is -2.45. The van der Waals surface area contributed by atoms with Crippen LogP contribution in [0, 0.1) is 41.3 Å². The molecule has 1 aliphatic heterocycles. The second-order valence-electron chi connectivity index (χ2n) is 16.5. The molecule has 2 aromatic rings. The van der Waals surface area contributed by atoms with Crippen molar-refractivity contribution in [3.05, 3.63) is 46.4 Å². The van der Waals surface area contributed by atoms with E-state index in [-0.39, 0.29) is 19.2 Å². The lowest BCUT2D eigenvalue weighted by Crippen LogP contribution is -2.65. The van der Waals surface area contributed by atoms with Crippen LogP contribution < -0.4 is 4.74 Å². The average Bonchev–Trinajstić information content (AvgIpc) is 3.47. The van der Waals surface area contributed by atoms with Gasteiger partial charge in [-0.2, -0.15) is 0 Å². The number of carbonyl (C=O) groups excluding carboxylic acids is 5. The van der Waals surface area contributed by atoms with Gasteiger partial charge in [0.1, 0.15) is 18.5 Å². The van der Waals surface area contributed by atoms with E-state index in [2.05, 4.69) is 5.10 Å². The first-order valence-electron chi connectivity index (χ1n) is 20.2. The summed E-state index contributed by atoms with van der Waals surface area (Å²) >= 11 is 0. The second-order valence-corrected chi connectivity index (χ2v) is 16.5. The highest BCUT2D eigenvalue weighted by atomic mass is 19.1. The van der Waals surface area contributed by atoms with Crippen molar-refractivity contribution in [1.82, 2.24) is 9.78 Å². The summed E-state index contributed by atoms with van der Waals surface area (Å²) in [5, 5.41) is 4.37. The van der Waals surface area contributed by atoms with Crippen molar-refractivity contribution in [1.29, 1.82) is 0 Å². The van der Waals surface area contributed by atoms with Crippen molar-refractivity contribution < 1.29 is 62.3 Å². The third kappa shape index (κ3) is 10.9. The van der Waals surface area contributed by atoms with Crippen molar-refractivity contribution in [3.63, 3.8) is 0 Å². The molecule has 54 heavy (non-hydrogen) atoms.